The number of hydrogen-bond acceptors (Lipinski definition) is 2. The summed E-state index contributed by atoms with van der Waals surface area (Å²) < 4.78 is 0. The summed E-state index contributed by atoms with van der Waals surface area (Å²) >= 11 is 7.82. The lowest BCUT2D eigenvalue weighted by Gasteiger charge is -2.17. The Morgan fingerprint density at radius 2 is 2.11 bits per heavy atom. The Hall–Kier alpha value is -0.730. The number of benzene rings is 1. The molecule has 1 aliphatic rings. The highest BCUT2D eigenvalue weighted by atomic mass is 35.5. The molecular weight excluding hydrogens is 264 g/mol. The van der Waals surface area contributed by atoms with Crippen LogP contribution in [0.4, 0.5) is 0 Å². The third-order valence-corrected chi connectivity index (χ3v) is 4.35. The Kier molecular flexibility index (Phi) is 4.90. The number of halogens is 1. The highest BCUT2D eigenvalue weighted by molar-refractivity contribution is 7.99. The molecule has 0 bridgehead atoms. The molecule has 0 radical (unpaired) electrons. The molecule has 0 heterocycles. The number of ketones is 1. The fourth-order valence-corrected chi connectivity index (χ4v) is 3.05. The van der Waals surface area contributed by atoms with Crippen molar-refractivity contribution in [2.45, 2.75) is 36.5 Å². The summed E-state index contributed by atoms with van der Waals surface area (Å²) in [5.41, 5.74) is 1.96. The van der Waals surface area contributed by atoms with Gasteiger partial charge in [-0.15, -0.1) is 23.4 Å². The standard InChI is InChI=1S/C15H17ClOS/c1-2-18-13-8-6-11(7-9-13)10-12-4-3-5-14(16)15(12)17/h6-10,14H,2-5H2,1H3. The van der Waals surface area contributed by atoms with Gasteiger partial charge < -0.3 is 0 Å². The first-order valence-electron chi connectivity index (χ1n) is 6.32. The first kappa shape index (κ1) is 13.7. The fourth-order valence-electron chi connectivity index (χ4n) is 2.10. The predicted molar refractivity (Wildman–Crippen MR) is 79.3 cm³/mol. The van der Waals surface area contributed by atoms with Gasteiger partial charge in [-0.1, -0.05) is 19.1 Å². The molecule has 1 aliphatic carbocycles. The van der Waals surface area contributed by atoms with Crippen molar-refractivity contribution < 1.29 is 4.79 Å². The highest BCUT2D eigenvalue weighted by Gasteiger charge is 2.23. The molecule has 0 spiro atoms. The predicted octanol–water partition coefficient (Wildman–Crippen LogP) is 4.54. The van der Waals surface area contributed by atoms with Crippen molar-refractivity contribution in [2.75, 3.05) is 5.75 Å². The zero-order valence-electron chi connectivity index (χ0n) is 10.5. The van der Waals surface area contributed by atoms with E-state index in [0.29, 0.717) is 0 Å². The number of rotatable bonds is 3. The average Bonchev–Trinajstić information content (AvgIpc) is 2.38. The van der Waals surface area contributed by atoms with E-state index in [9.17, 15) is 4.79 Å². The number of hydrogen-bond donors (Lipinski definition) is 0. The normalized spacial score (nSPS) is 22.4. The molecule has 18 heavy (non-hydrogen) atoms. The Labute approximate surface area is 118 Å². The van der Waals surface area contributed by atoms with E-state index in [1.165, 1.54) is 4.90 Å². The second kappa shape index (κ2) is 6.44. The Bertz CT molecular complexity index is 450. The van der Waals surface area contributed by atoms with Crippen molar-refractivity contribution in [3.63, 3.8) is 0 Å². The number of allylic oxidation sites excluding steroid dienone is 1. The van der Waals surface area contributed by atoms with E-state index in [1.54, 1.807) is 0 Å². The molecule has 1 atom stereocenters. The Balaban J connectivity index is 2.14. The first-order valence-corrected chi connectivity index (χ1v) is 7.74. The van der Waals surface area contributed by atoms with E-state index < -0.39 is 0 Å². The molecule has 1 saturated carbocycles. The van der Waals surface area contributed by atoms with E-state index in [-0.39, 0.29) is 11.2 Å². The van der Waals surface area contributed by atoms with Crippen LogP contribution in [0, 0.1) is 0 Å². The Morgan fingerprint density at radius 1 is 1.39 bits per heavy atom. The summed E-state index contributed by atoms with van der Waals surface area (Å²) in [6.45, 7) is 2.14. The lowest BCUT2D eigenvalue weighted by molar-refractivity contribution is -0.116. The van der Waals surface area contributed by atoms with Gasteiger partial charge in [-0.2, -0.15) is 0 Å². The molecule has 0 amide bonds. The second-order valence-electron chi connectivity index (χ2n) is 4.40. The van der Waals surface area contributed by atoms with Gasteiger partial charge in [-0.05, 0) is 54.4 Å². The van der Waals surface area contributed by atoms with Crippen LogP contribution in [-0.2, 0) is 4.79 Å². The molecule has 0 N–H and O–H groups in total. The molecule has 1 aromatic rings. The maximum absolute atomic E-state index is 11.9. The van der Waals surface area contributed by atoms with Gasteiger partial charge in [0.25, 0.3) is 0 Å². The van der Waals surface area contributed by atoms with Crippen molar-refractivity contribution in [3.05, 3.63) is 35.4 Å². The molecule has 1 fully saturated rings. The summed E-state index contributed by atoms with van der Waals surface area (Å²) in [5.74, 6) is 1.18. The monoisotopic (exact) mass is 280 g/mol. The smallest absolute Gasteiger partial charge is 0.176 e. The van der Waals surface area contributed by atoms with E-state index >= 15 is 0 Å². The van der Waals surface area contributed by atoms with E-state index in [4.69, 9.17) is 11.6 Å². The average molecular weight is 281 g/mol. The highest BCUT2D eigenvalue weighted by Crippen LogP contribution is 2.26. The maximum Gasteiger partial charge on any atom is 0.176 e. The van der Waals surface area contributed by atoms with Crippen LogP contribution in [-0.4, -0.2) is 16.9 Å². The van der Waals surface area contributed by atoms with Crippen molar-refractivity contribution in [1.82, 2.24) is 0 Å². The van der Waals surface area contributed by atoms with Gasteiger partial charge in [0, 0.05) is 4.90 Å². The van der Waals surface area contributed by atoms with Crippen LogP contribution >= 0.6 is 23.4 Å². The van der Waals surface area contributed by atoms with Gasteiger partial charge in [0.15, 0.2) is 5.78 Å². The van der Waals surface area contributed by atoms with E-state index in [1.807, 2.05) is 17.8 Å². The van der Waals surface area contributed by atoms with Crippen LogP contribution in [0.5, 0.6) is 0 Å². The fraction of sp³-hybridized carbons (Fsp3) is 0.400. The molecule has 96 valence electrons. The lowest BCUT2D eigenvalue weighted by Crippen LogP contribution is -2.21. The molecule has 3 heteroatoms. The van der Waals surface area contributed by atoms with Crippen LogP contribution in [0.25, 0.3) is 6.08 Å². The molecule has 1 unspecified atom stereocenters. The van der Waals surface area contributed by atoms with E-state index in [2.05, 4.69) is 31.2 Å². The number of alkyl halides is 1. The van der Waals surface area contributed by atoms with Crippen LogP contribution in [0.3, 0.4) is 0 Å². The minimum atomic E-state index is -0.320. The van der Waals surface area contributed by atoms with Crippen molar-refractivity contribution >= 4 is 35.2 Å². The number of carbonyl (C=O) groups is 1. The van der Waals surface area contributed by atoms with Crippen LogP contribution < -0.4 is 0 Å². The van der Waals surface area contributed by atoms with Gasteiger partial charge in [0.1, 0.15) is 0 Å². The van der Waals surface area contributed by atoms with Crippen molar-refractivity contribution in [2.24, 2.45) is 0 Å². The van der Waals surface area contributed by atoms with Gasteiger partial charge in [0.2, 0.25) is 0 Å². The third kappa shape index (κ3) is 3.39. The SMILES string of the molecule is CCSc1ccc(C=C2CCCC(Cl)C2=O)cc1. The van der Waals surface area contributed by atoms with Crippen LogP contribution in [0.15, 0.2) is 34.7 Å². The summed E-state index contributed by atoms with van der Waals surface area (Å²) in [6.07, 6.45) is 4.66. The zero-order valence-corrected chi connectivity index (χ0v) is 12.1. The minimum Gasteiger partial charge on any atom is -0.293 e. The summed E-state index contributed by atoms with van der Waals surface area (Å²) in [6, 6.07) is 8.34. The quantitative estimate of drug-likeness (QED) is 0.459. The second-order valence-corrected chi connectivity index (χ2v) is 6.26. The maximum atomic E-state index is 11.9. The first-order chi connectivity index (χ1) is 8.70. The third-order valence-electron chi connectivity index (χ3n) is 3.04. The number of Topliss-reactive ketones (excluding diaryl/α,β-unsaturated/α-hetero) is 1. The largest absolute Gasteiger partial charge is 0.293 e. The Morgan fingerprint density at radius 3 is 2.78 bits per heavy atom. The van der Waals surface area contributed by atoms with Crippen LogP contribution in [0.2, 0.25) is 0 Å². The molecule has 2 rings (SSSR count). The summed E-state index contributed by atoms with van der Waals surface area (Å²) in [7, 11) is 0. The topological polar surface area (TPSA) is 17.1 Å². The molecule has 1 aromatic carbocycles. The minimum absolute atomic E-state index is 0.106. The van der Waals surface area contributed by atoms with Gasteiger partial charge in [-0.3, -0.25) is 4.79 Å². The molecular formula is C15H17ClOS. The van der Waals surface area contributed by atoms with Gasteiger partial charge >= 0.3 is 0 Å². The molecule has 0 aliphatic heterocycles. The molecule has 0 saturated heterocycles. The summed E-state index contributed by atoms with van der Waals surface area (Å²) in [5, 5.41) is -0.320. The molecule has 1 nitrogen and oxygen atoms in total. The van der Waals surface area contributed by atoms with Crippen molar-refractivity contribution in [3.8, 4) is 0 Å². The lowest BCUT2D eigenvalue weighted by atomic mass is 9.92. The molecule has 0 aromatic heterocycles. The number of carbonyl (C=O) groups excluding carboxylic acids is 1. The van der Waals surface area contributed by atoms with E-state index in [0.717, 1.165) is 36.2 Å². The van der Waals surface area contributed by atoms with Gasteiger partial charge in [0.05, 0.1) is 5.38 Å². The van der Waals surface area contributed by atoms with Gasteiger partial charge in [-0.25, -0.2) is 0 Å². The number of thioether (sulfide) groups is 1. The zero-order chi connectivity index (χ0) is 13.0. The van der Waals surface area contributed by atoms with Crippen molar-refractivity contribution in [1.29, 1.82) is 0 Å². The van der Waals surface area contributed by atoms with Crippen LogP contribution in [0.1, 0.15) is 31.7 Å². The summed E-state index contributed by atoms with van der Waals surface area (Å²) in [4.78, 5) is 13.2.